The van der Waals surface area contributed by atoms with Gasteiger partial charge in [0, 0.05) is 16.6 Å². The summed E-state index contributed by atoms with van der Waals surface area (Å²) in [6, 6.07) is 11.6. The highest BCUT2D eigenvalue weighted by molar-refractivity contribution is 9.10. The van der Waals surface area contributed by atoms with Crippen molar-refractivity contribution < 1.29 is 23.9 Å². The highest BCUT2D eigenvalue weighted by atomic mass is 79.9. The van der Waals surface area contributed by atoms with E-state index in [-0.39, 0.29) is 0 Å². The summed E-state index contributed by atoms with van der Waals surface area (Å²) in [5.41, 5.74) is -0.108. The summed E-state index contributed by atoms with van der Waals surface area (Å²) >= 11 is 3.38. The second-order valence-electron chi connectivity index (χ2n) is 6.84. The predicted octanol–water partition coefficient (Wildman–Crippen LogP) is 2.63. The summed E-state index contributed by atoms with van der Waals surface area (Å²) < 4.78 is 11.6. The summed E-state index contributed by atoms with van der Waals surface area (Å²) in [6.45, 7) is 2.09. The minimum Gasteiger partial charge on any atom is -0.486 e. The van der Waals surface area contributed by atoms with Crippen LogP contribution in [0.2, 0.25) is 0 Å². The number of hydrogen-bond acceptors (Lipinski definition) is 5. The van der Waals surface area contributed by atoms with E-state index in [1.165, 1.54) is 0 Å². The van der Waals surface area contributed by atoms with Crippen molar-refractivity contribution in [2.24, 2.45) is 0 Å². The first-order chi connectivity index (χ1) is 13.9. The Morgan fingerprint density at radius 3 is 2.52 bits per heavy atom. The molecular formula is C20H18BrN3O5. The lowest BCUT2D eigenvalue weighted by atomic mass is 9.92. The number of anilines is 1. The van der Waals surface area contributed by atoms with Crippen LogP contribution >= 0.6 is 15.9 Å². The molecule has 2 aromatic rings. The third-order valence-corrected chi connectivity index (χ3v) is 5.49. The monoisotopic (exact) mass is 459 g/mol. The van der Waals surface area contributed by atoms with Crippen LogP contribution in [-0.4, -0.2) is 42.5 Å². The SMILES string of the molecule is C[C@@]1(c2ccccc2)NC(=O)N(CC(=O)Nc2cc3c(cc2Br)OCCO3)C1=O. The smallest absolute Gasteiger partial charge is 0.325 e. The summed E-state index contributed by atoms with van der Waals surface area (Å²) in [5, 5.41) is 5.38. The molecule has 1 fully saturated rings. The fourth-order valence-corrected chi connectivity index (χ4v) is 3.72. The number of nitrogens with one attached hydrogen (secondary N) is 2. The van der Waals surface area contributed by atoms with Gasteiger partial charge in [0.05, 0.1) is 5.69 Å². The number of carbonyl (C=O) groups excluding carboxylic acids is 3. The Morgan fingerprint density at radius 2 is 1.83 bits per heavy atom. The van der Waals surface area contributed by atoms with E-state index in [2.05, 4.69) is 26.6 Å². The maximum atomic E-state index is 12.9. The molecule has 2 heterocycles. The largest absolute Gasteiger partial charge is 0.486 e. The van der Waals surface area contributed by atoms with Gasteiger partial charge in [0.2, 0.25) is 5.91 Å². The summed E-state index contributed by atoms with van der Waals surface area (Å²) in [5.74, 6) is 0.100. The summed E-state index contributed by atoms with van der Waals surface area (Å²) in [6.07, 6.45) is 0. The van der Waals surface area contributed by atoms with Crippen molar-refractivity contribution in [3.8, 4) is 11.5 Å². The van der Waals surface area contributed by atoms with Crippen molar-refractivity contribution in [1.82, 2.24) is 10.2 Å². The third kappa shape index (κ3) is 3.53. The molecule has 0 spiro atoms. The quantitative estimate of drug-likeness (QED) is 0.684. The second kappa shape index (κ2) is 7.40. The number of fused-ring (bicyclic) bond motifs is 1. The Bertz CT molecular complexity index is 997. The zero-order valence-corrected chi connectivity index (χ0v) is 17.1. The number of benzene rings is 2. The number of ether oxygens (including phenoxy) is 2. The Morgan fingerprint density at radius 1 is 1.17 bits per heavy atom. The Hall–Kier alpha value is -3.07. The Kier molecular flexibility index (Phi) is 4.91. The van der Waals surface area contributed by atoms with Crippen LogP contribution in [0.3, 0.4) is 0 Å². The van der Waals surface area contributed by atoms with Crippen LogP contribution in [0.5, 0.6) is 11.5 Å². The fraction of sp³-hybridized carbons (Fsp3) is 0.250. The molecule has 0 unspecified atom stereocenters. The molecule has 2 aliphatic rings. The number of imide groups is 1. The highest BCUT2D eigenvalue weighted by Gasteiger charge is 2.49. The molecule has 8 nitrogen and oxygen atoms in total. The van der Waals surface area contributed by atoms with Crippen LogP contribution < -0.4 is 20.1 Å². The molecule has 2 aromatic carbocycles. The molecule has 0 aliphatic carbocycles. The lowest BCUT2D eigenvalue weighted by Gasteiger charge is -2.22. The molecule has 0 saturated carbocycles. The Balaban J connectivity index is 1.49. The lowest BCUT2D eigenvalue weighted by Crippen LogP contribution is -2.42. The van der Waals surface area contributed by atoms with Gasteiger partial charge >= 0.3 is 6.03 Å². The van der Waals surface area contributed by atoms with E-state index in [0.29, 0.717) is 40.4 Å². The summed E-state index contributed by atoms with van der Waals surface area (Å²) in [4.78, 5) is 38.8. The van der Waals surface area contributed by atoms with Crippen LogP contribution in [0.1, 0.15) is 12.5 Å². The first-order valence-corrected chi connectivity index (χ1v) is 9.76. The maximum Gasteiger partial charge on any atom is 0.325 e. The maximum absolute atomic E-state index is 12.9. The van der Waals surface area contributed by atoms with Gasteiger partial charge in [0.1, 0.15) is 25.3 Å². The minimum atomic E-state index is -1.21. The average Bonchev–Trinajstić information content (AvgIpc) is 2.93. The van der Waals surface area contributed by atoms with Gasteiger partial charge in [-0.25, -0.2) is 4.79 Å². The number of carbonyl (C=O) groups is 3. The van der Waals surface area contributed by atoms with Crippen LogP contribution in [0.4, 0.5) is 10.5 Å². The van der Waals surface area contributed by atoms with Gasteiger partial charge in [0.25, 0.3) is 5.91 Å². The average molecular weight is 460 g/mol. The first-order valence-electron chi connectivity index (χ1n) is 8.97. The van der Waals surface area contributed by atoms with Gasteiger partial charge in [-0.2, -0.15) is 0 Å². The van der Waals surface area contributed by atoms with Gasteiger partial charge in [-0.3, -0.25) is 14.5 Å². The van der Waals surface area contributed by atoms with E-state index in [1.807, 2.05) is 6.07 Å². The van der Waals surface area contributed by atoms with Crippen LogP contribution in [0, 0.1) is 0 Å². The number of halogens is 1. The molecule has 1 atom stereocenters. The fourth-order valence-electron chi connectivity index (χ4n) is 3.30. The number of nitrogens with zero attached hydrogens (tertiary/aromatic N) is 1. The van der Waals surface area contributed by atoms with Gasteiger partial charge < -0.3 is 20.1 Å². The molecule has 0 bridgehead atoms. The van der Waals surface area contributed by atoms with Crippen molar-refractivity contribution >= 4 is 39.5 Å². The van der Waals surface area contributed by atoms with Crippen molar-refractivity contribution in [2.75, 3.05) is 25.1 Å². The second-order valence-corrected chi connectivity index (χ2v) is 7.69. The number of amides is 4. The van der Waals surface area contributed by atoms with Crippen LogP contribution in [0.15, 0.2) is 46.9 Å². The normalized spacial score (nSPS) is 20.4. The number of hydrogen-bond donors (Lipinski definition) is 2. The molecule has 9 heteroatoms. The van der Waals surface area contributed by atoms with Crippen molar-refractivity contribution in [3.05, 3.63) is 52.5 Å². The van der Waals surface area contributed by atoms with Crippen molar-refractivity contribution in [1.29, 1.82) is 0 Å². The molecular weight excluding hydrogens is 442 g/mol. The van der Waals surface area contributed by atoms with E-state index >= 15 is 0 Å². The van der Waals surface area contributed by atoms with E-state index in [9.17, 15) is 14.4 Å². The number of urea groups is 1. The molecule has 150 valence electrons. The number of rotatable bonds is 4. The topological polar surface area (TPSA) is 97.0 Å². The molecule has 1 saturated heterocycles. The van der Waals surface area contributed by atoms with E-state index in [1.54, 1.807) is 43.3 Å². The molecule has 0 aromatic heterocycles. The van der Waals surface area contributed by atoms with Crippen molar-refractivity contribution in [3.63, 3.8) is 0 Å². The molecule has 4 amide bonds. The predicted molar refractivity (Wildman–Crippen MR) is 108 cm³/mol. The zero-order chi connectivity index (χ0) is 20.6. The van der Waals surface area contributed by atoms with E-state index in [0.717, 1.165) is 4.90 Å². The zero-order valence-electron chi connectivity index (χ0n) is 15.5. The van der Waals surface area contributed by atoms with Crippen molar-refractivity contribution in [2.45, 2.75) is 12.5 Å². The molecule has 2 N–H and O–H groups in total. The molecule has 29 heavy (non-hydrogen) atoms. The molecule has 0 radical (unpaired) electrons. The van der Waals surface area contributed by atoms with Crippen LogP contribution in [0.25, 0.3) is 0 Å². The van der Waals surface area contributed by atoms with Gasteiger partial charge in [-0.15, -0.1) is 0 Å². The van der Waals surface area contributed by atoms with Crippen LogP contribution in [-0.2, 0) is 15.1 Å². The van der Waals surface area contributed by atoms with Gasteiger partial charge in [0.15, 0.2) is 11.5 Å². The van der Waals surface area contributed by atoms with E-state index in [4.69, 9.17) is 9.47 Å². The highest BCUT2D eigenvalue weighted by Crippen LogP contribution is 2.38. The van der Waals surface area contributed by atoms with E-state index < -0.39 is 29.9 Å². The Labute approximate surface area is 175 Å². The minimum absolute atomic E-state index is 0.409. The lowest BCUT2D eigenvalue weighted by molar-refractivity contribution is -0.133. The molecule has 2 aliphatic heterocycles. The standard InChI is InChI=1S/C20H18BrN3O5/c1-20(12-5-3-2-4-6-12)18(26)24(19(27)23-20)11-17(25)22-14-10-16-15(9-13(14)21)28-7-8-29-16/h2-6,9-10H,7-8,11H2,1H3,(H,22,25)(H,23,27)/t20-/m0/s1. The van der Waals surface area contributed by atoms with Gasteiger partial charge in [-0.05, 0) is 28.4 Å². The molecule has 4 rings (SSSR count). The van der Waals surface area contributed by atoms with Gasteiger partial charge in [-0.1, -0.05) is 30.3 Å². The summed E-state index contributed by atoms with van der Waals surface area (Å²) in [7, 11) is 0. The third-order valence-electron chi connectivity index (χ3n) is 4.83. The first kappa shape index (κ1) is 19.3.